The lowest BCUT2D eigenvalue weighted by molar-refractivity contribution is -0.137. The molecule has 2 unspecified atom stereocenters. The van der Waals surface area contributed by atoms with E-state index in [9.17, 15) is 22.5 Å². The molecule has 8 bridgehead atoms. The number of carbonyl (C=O) groups excluding carboxylic acids is 1. The van der Waals surface area contributed by atoms with E-state index in [0.717, 1.165) is 51.5 Å². The number of benzene rings is 1. The lowest BCUT2D eigenvalue weighted by atomic mass is 10.0. The van der Waals surface area contributed by atoms with Crippen molar-refractivity contribution in [3.63, 3.8) is 0 Å². The SMILES string of the molecule is CP(C)(=O)c1c2ccc3c(c[nH]c13)-c1nc(ncc1C(F)(F)F)NC1CCCN(CCCCNC2=O)C1. The summed E-state index contributed by atoms with van der Waals surface area (Å²) in [7, 11) is -3.01. The van der Waals surface area contributed by atoms with Crippen LogP contribution in [0.15, 0.2) is 24.5 Å². The molecule has 5 heterocycles. The molecular formula is C25H30F3N6O2P. The van der Waals surface area contributed by atoms with Crippen LogP contribution in [-0.4, -0.2) is 71.3 Å². The van der Waals surface area contributed by atoms with Crippen molar-refractivity contribution in [2.45, 2.75) is 37.9 Å². The van der Waals surface area contributed by atoms with Gasteiger partial charge in [-0.2, -0.15) is 13.2 Å². The number of hydrogen-bond donors (Lipinski definition) is 3. The van der Waals surface area contributed by atoms with Crippen LogP contribution in [0, 0.1) is 0 Å². The zero-order chi connectivity index (χ0) is 26.4. The Hall–Kier alpha value is -2.91. The number of H-pyrrole nitrogens is 1. The molecule has 198 valence electrons. The summed E-state index contributed by atoms with van der Waals surface area (Å²) in [6, 6.07) is 3.14. The Morgan fingerprint density at radius 2 is 1.89 bits per heavy atom. The second kappa shape index (κ2) is 9.76. The molecule has 1 fully saturated rings. The molecule has 3 aromatic rings. The molecule has 0 aliphatic carbocycles. The quantitative estimate of drug-likeness (QED) is 0.403. The number of aromatic nitrogens is 3. The van der Waals surface area contributed by atoms with E-state index in [1.54, 1.807) is 19.4 Å². The van der Waals surface area contributed by atoms with Crippen molar-refractivity contribution in [2.24, 2.45) is 0 Å². The van der Waals surface area contributed by atoms with E-state index in [2.05, 4.69) is 30.5 Å². The average Bonchev–Trinajstić information content (AvgIpc) is 3.25. The van der Waals surface area contributed by atoms with Crippen LogP contribution >= 0.6 is 7.14 Å². The normalized spacial score (nSPS) is 21.4. The molecule has 1 aromatic carbocycles. The lowest BCUT2D eigenvalue weighted by Crippen LogP contribution is -2.42. The van der Waals surface area contributed by atoms with Crippen LogP contribution in [0.1, 0.15) is 41.6 Å². The van der Waals surface area contributed by atoms with Crippen LogP contribution in [0.3, 0.4) is 0 Å². The van der Waals surface area contributed by atoms with Crippen molar-refractivity contribution in [2.75, 3.05) is 44.8 Å². The van der Waals surface area contributed by atoms with E-state index < -0.39 is 18.9 Å². The lowest BCUT2D eigenvalue weighted by Gasteiger charge is -2.33. The summed E-state index contributed by atoms with van der Waals surface area (Å²) in [5.41, 5.74) is -0.384. The van der Waals surface area contributed by atoms with E-state index in [-0.39, 0.29) is 34.7 Å². The molecule has 8 nitrogen and oxygen atoms in total. The number of alkyl halides is 3. The van der Waals surface area contributed by atoms with E-state index in [1.807, 2.05) is 0 Å². The van der Waals surface area contributed by atoms with Gasteiger partial charge in [-0.1, -0.05) is 6.07 Å². The number of halogens is 3. The Balaban J connectivity index is 1.70. The van der Waals surface area contributed by atoms with Crippen molar-refractivity contribution in [1.82, 2.24) is 25.2 Å². The maximum absolute atomic E-state index is 14.0. The number of nitrogens with one attached hydrogen (secondary N) is 3. The van der Waals surface area contributed by atoms with Crippen LogP contribution < -0.4 is 15.9 Å². The first-order valence-corrected chi connectivity index (χ1v) is 15.0. The molecule has 37 heavy (non-hydrogen) atoms. The fourth-order valence-corrected chi connectivity index (χ4v) is 6.78. The first-order valence-electron chi connectivity index (χ1n) is 12.4. The minimum Gasteiger partial charge on any atom is -0.360 e. The predicted octanol–water partition coefficient (Wildman–Crippen LogP) is 4.29. The van der Waals surface area contributed by atoms with Crippen LogP contribution in [0.4, 0.5) is 19.1 Å². The van der Waals surface area contributed by atoms with Gasteiger partial charge in [0.2, 0.25) is 5.95 Å². The summed E-state index contributed by atoms with van der Waals surface area (Å²) in [6.07, 6.45) is 1.09. The minimum absolute atomic E-state index is 0.0140. The monoisotopic (exact) mass is 534 g/mol. The van der Waals surface area contributed by atoms with E-state index in [0.29, 0.717) is 22.8 Å². The number of aromatic amines is 1. The first-order chi connectivity index (χ1) is 17.5. The van der Waals surface area contributed by atoms with Gasteiger partial charge in [0, 0.05) is 47.8 Å². The van der Waals surface area contributed by atoms with E-state index in [1.165, 1.54) is 12.3 Å². The van der Waals surface area contributed by atoms with Crippen molar-refractivity contribution >= 4 is 35.2 Å². The summed E-state index contributed by atoms with van der Waals surface area (Å²) < 4.78 is 55.5. The number of amides is 1. The van der Waals surface area contributed by atoms with Gasteiger partial charge in [0.1, 0.15) is 12.7 Å². The van der Waals surface area contributed by atoms with Gasteiger partial charge in [-0.15, -0.1) is 0 Å². The first kappa shape index (κ1) is 25.7. The highest BCUT2D eigenvalue weighted by atomic mass is 31.2. The van der Waals surface area contributed by atoms with Crippen LogP contribution in [0.25, 0.3) is 22.2 Å². The second-order valence-electron chi connectivity index (χ2n) is 10.1. The highest BCUT2D eigenvalue weighted by Crippen LogP contribution is 2.43. The van der Waals surface area contributed by atoms with E-state index in [4.69, 9.17) is 0 Å². The van der Waals surface area contributed by atoms with Crippen molar-refractivity contribution in [1.29, 1.82) is 0 Å². The summed E-state index contributed by atoms with van der Waals surface area (Å²) in [5, 5.41) is 6.90. The highest BCUT2D eigenvalue weighted by molar-refractivity contribution is 7.70. The fraction of sp³-hybridized carbons (Fsp3) is 0.480. The number of fused-ring (bicyclic) bond motifs is 6. The Labute approximate surface area is 212 Å². The molecule has 3 aliphatic heterocycles. The molecule has 6 rings (SSSR count). The van der Waals surface area contributed by atoms with Gasteiger partial charge in [0.25, 0.3) is 5.91 Å². The van der Waals surface area contributed by atoms with Gasteiger partial charge in [-0.25, -0.2) is 9.97 Å². The fourth-order valence-electron chi connectivity index (χ4n) is 5.30. The van der Waals surface area contributed by atoms with Crippen molar-refractivity contribution < 1.29 is 22.5 Å². The number of anilines is 1. The van der Waals surface area contributed by atoms with Crippen molar-refractivity contribution in [3.05, 3.63) is 35.7 Å². The Bertz CT molecular complexity index is 1380. The smallest absolute Gasteiger partial charge is 0.360 e. The summed E-state index contributed by atoms with van der Waals surface area (Å²) in [6.45, 7) is 6.12. The molecule has 2 aromatic heterocycles. The maximum Gasteiger partial charge on any atom is 0.419 e. The molecule has 1 amide bonds. The summed E-state index contributed by atoms with van der Waals surface area (Å²) in [4.78, 5) is 26.8. The summed E-state index contributed by atoms with van der Waals surface area (Å²) in [5.74, 6) is -0.209. The highest BCUT2D eigenvalue weighted by Gasteiger charge is 2.37. The third-order valence-corrected chi connectivity index (χ3v) is 8.53. The van der Waals surface area contributed by atoms with Gasteiger partial charge in [0.05, 0.1) is 16.8 Å². The average molecular weight is 535 g/mol. The standard InChI is InChI=1S/C25H30F3N6O2P/c1-37(2,36)22-17-8-7-16-18(12-30-21(16)22)20-19(25(26,27)28)13-31-24(33-20)32-15-6-5-11-34(14-15)10-4-3-9-29-23(17)35/h7-8,12-13,15,30H,3-6,9-11,14H2,1-2H3,(H,29,35)(H,31,32,33). The molecule has 0 saturated carbocycles. The molecule has 3 aliphatic rings. The van der Waals surface area contributed by atoms with Gasteiger partial charge in [-0.05, 0) is 58.2 Å². The third kappa shape index (κ3) is 5.25. The maximum atomic E-state index is 14.0. The molecule has 0 spiro atoms. The van der Waals surface area contributed by atoms with Gasteiger partial charge in [-0.3, -0.25) is 4.79 Å². The third-order valence-electron chi connectivity index (χ3n) is 6.99. The molecular weight excluding hydrogens is 504 g/mol. The number of nitrogens with zero attached hydrogens (tertiary/aromatic N) is 3. The zero-order valence-electron chi connectivity index (χ0n) is 20.8. The molecule has 12 heteroatoms. The molecule has 0 radical (unpaired) electrons. The van der Waals surface area contributed by atoms with Crippen LogP contribution in [0.2, 0.25) is 0 Å². The number of rotatable bonds is 1. The Kier molecular flexibility index (Phi) is 6.79. The molecule has 3 N–H and O–H groups in total. The second-order valence-corrected chi connectivity index (χ2v) is 13.3. The number of hydrogen-bond acceptors (Lipinski definition) is 6. The predicted molar refractivity (Wildman–Crippen MR) is 138 cm³/mol. The topological polar surface area (TPSA) is 103 Å². The van der Waals surface area contributed by atoms with Crippen LogP contribution in [0.5, 0.6) is 0 Å². The molecule has 2 atom stereocenters. The van der Waals surface area contributed by atoms with Crippen LogP contribution in [-0.2, 0) is 10.7 Å². The Morgan fingerprint density at radius 3 is 2.65 bits per heavy atom. The van der Waals surface area contributed by atoms with E-state index >= 15 is 0 Å². The number of carbonyl (C=O) groups is 1. The minimum atomic E-state index is -4.68. The largest absolute Gasteiger partial charge is 0.419 e. The van der Waals surface area contributed by atoms with Gasteiger partial charge >= 0.3 is 6.18 Å². The van der Waals surface area contributed by atoms with Gasteiger partial charge < -0.3 is 25.1 Å². The summed E-state index contributed by atoms with van der Waals surface area (Å²) >= 11 is 0. The Morgan fingerprint density at radius 1 is 1.11 bits per heavy atom. The zero-order valence-corrected chi connectivity index (χ0v) is 21.7. The van der Waals surface area contributed by atoms with Crippen molar-refractivity contribution in [3.8, 4) is 11.3 Å². The van der Waals surface area contributed by atoms with Gasteiger partial charge in [0.15, 0.2) is 0 Å². The number of piperidine rings is 1. The molecule has 1 saturated heterocycles.